The van der Waals surface area contributed by atoms with Crippen LogP contribution in [-0.4, -0.2) is 16.3 Å². The highest BCUT2D eigenvalue weighted by Crippen LogP contribution is 2.21. The fourth-order valence-electron chi connectivity index (χ4n) is 1.48. The lowest BCUT2D eigenvalue weighted by Crippen LogP contribution is -2.34. The molecule has 12 heavy (non-hydrogen) atoms. The first kappa shape index (κ1) is 7.80. The van der Waals surface area contributed by atoms with Crippen LogP contribution < -0.4 is 5.32 Å². The van der Waals surface area contributed by atoms with Gasteiger partial charge in [-0.2, -0.15) is 5.10 Å². The highest BCUT2D eigenvalue weighted by molar-refractivity contribution is 5.12. The summed E-state index contributed by atoms with van der Waals surface area (Å²) in [7, 11) is 0. The van der Waals surface area contributed by atoms with E-state index in [9.17, 15) is 0 Å². The minimum absolute atomic E-state index is 0.579. The molecule has 1 aliphatic rings. The Bertz CT molecular complexity index is 250. The second-order valence-electron chi connectivity index (χ2n) is 3.33. The van der Waals surface area contributed by atoms with Crippen molar-refractivity contribution < 1.29 is 0 Å². The molecule has 66 valence electrons. The van der Waals surface area contributed by atoms with E-state index >= 15 is 0 Å². The van der Waals surface area contributed by atoms with E-state index in [4.69, 9.17) is 0 Å². The summed E-state index contributed by atoms with van der Waals surface area (Å²) >= 11 is 0. The highest BCUT2D eigenvalue weighted by Gasteiger charge is 2.19. The second kappa shape index (κ2) is 3.27. The van der Waals surface area contributed by atoms with Gasteiger partial charge in [0, 0.05) is 24.3 Å². The van der Waals surface area contributed by atoms with Gasteiger partial charge in [-0.1, -0.05) is 6.92 Å². The lowest BCUT2D eigenvalue weighted by Gasteiger charge is -2.26. The van der Waals surface area contributed by atoms with Crippen LogP contribution in [0.1, 0.15) is 31.4 Å². The maximum Gasteiger partial charge on any atom is 0.0537 e. The van der Waals surface area contributed by atoms with E-state index in [1.807, 2.05) is 10.9 Å². The third kappa shape index (κ3) is 1.37. The van der Waals surface area contributed by atoms with Gasteiger partial charge in [0.05, 0.1) is 6.20 Å². The number of aryl methyl sites for hydroxylation is 1. The Morgan fingerprint density at radius 2 is 2.58 bits per heavy atom. The molecule has 1 saturated heterocycles. The van der Waals surface area contributed by atoms with Gasteiger partial charge in [0.2, 0.25) is 0 Å². The van der Waals surface area contributed by atoms with Gasteiger partial charge in [-0.3, -0.25) is 4.68 Å². The molecular formula is C9H15N3. The molecule has 2 rings (SSSR count). The smallest absolute Gasteiger partial charge is 0.0537 e. The molecule has 0 spiro atoms. The second-order valence-corrected chi connectivity index (χ2v) is 3.33. The molecule has 0 amide bonds. The molecule has 1 N–H and O–H groups in total. The average Bonchev–Trinajstić information content (AvgIpc) is 2.34. The van der Waals surface area contributed by atoms with Gasteiger partial charge in [0.1, 0.15) is 0 Å². The largest absolute Gasteiger partial charge is 0.310 e. The van der Waals surface area contributed by atoms with E-state index in [-0.39, 0.29) is 0 Å². The van der Waals surface area contributed by atoms with Gasteiger partial charge in [-0.15, -0.1) is 0 Å². The SMILES string of the molecule is CCCn1cc(C2CCN2)cn1. The van der Waals surface area contributed by atoms with E-state index in [1.165, 1.54) is 12.0 Å². The van der Waals surface area contributed by atoms with Crippen LogP contribution in [0.2, 0.25) is 0 Å². The Kier molecular flexibility index (Phi) is 2.13. The van der Waals surface area contributed by atoms with Gasteiger partial charge in [0.25, 0.3) is 0 Å². The summed E-state index contributed by atoms with van der Waals surface area (Å²) in [6.07, 6.45) is 6.55. The minimum Gasteiger partial charge on any atom is -0.310 e. The first-order valence-corrected chi connectivity index (χ1v) is 4.66. The van der Waals surface area contributed by atoms with Crippen molar-refractivity contribution >= 4 is 0 Å². The zero-order chi connectivity index (χ0) is 8.39. The van der Waals surface area contributed by atoms with Crippen LogP contribution in [0.25, 0.3) is 0 Å². The average molecular weight is 165 g/mol. The molecular weight excluding hydrogens is 150 g/mol. The van der Waals surface area contributed by atoms with Crippen LogP contribution >= 0.6 is 0 Å². The number of hydrogen-bond acceptors (Lipinski definition) is 2. The molecule has 1 aliphatic heterocycles. The number of nitrogens with zero attached hydrogens (tertiary/aromatic N) is 2. The molecule has 0 bridgehead atoms. The zero-order valence-corrected chi connectivity index (χ0v) is 7.45. The van der Waals surface area contributed by atoms with Crippen LogP contribution in [0.4, 0.5) is 0 Å². The van der Waals surface area contributed by atoms with Crippen molar-refractivity contribution in [3.8, 4) is 0 Å². The third-order valence-electron chi connectivity index (χ3n) is 2.33. The summed E-state index contributed by atoms with van der Waals surface area (Å²) in [6, 6.07) is 0.579. The molecule has 3 nitrogen and oxygen atoms in total. The fraction of sp³-hybridized carbons (Fsp3) is 0.667. The molecule has 1 unspecified atom stereocenters. The molecule has 1 atom stereocenters. The van der Waals surface area contributed by atoms with Crippen molar-refractivity contribution in [2.24, 2.45) is 0 Å². The lowest BCUT2D eigenvalue weighted by molar-refractivity contribution is 0.383. The van der Waals surface area contributed by atoms with Crippen molar-refractivity contribution in [3.63, 3.8) is 0 Å². The van der Waals surface area contributed by atoms with Crippen LogP contribution in [0.3, 0.4) is 0 Å². The number of hydrogen-bond donors (Lipinski definition) is 1. The van der Waals surface area contributed by atoms with E-state index in [1.54, 1.807) is 0 Å². The molecule has 0 aliphatic carbocycles. The Morgan fingerprint density at radius 3 is 3.17 bits per heavy atom. The molecule has 3 heteroatoms. The van der Waals surface area contributed by atoms with E-state index in [2.05, 4.69) is 23.5 Å². The molecule has 1 fully saturated rings. The lowest BCUT2D eigenvalue weighted by atomic mass is 10.0. The summed E-state index contributed by atoms with van der Waals surface area (Å²) in [5, 5.41) is 7.65. The van der Waals surface area contributed by atoms with Crippen molar-refractivity contribution in [2.45, 2.75) is 32.4 Å². The summed E-state index contributed by atoms with van der Waals surface area (Å²) in [5.74, 6) is 0. The van der Waals surface area contributed by atoms with Crippen molar-refractivity contribution in [2.75, 3.05) is 6.54 Å². The summed E-state index contributed by atoms with van der Waals surface area (Å²) in [4.78, 5) is 0. The highest BCUT2D eigenvalue weighted by atomic mass is 15.3. The van der Waals surface area contributed by atoms with Crippen LogP contribution in [0.5, 0.6) is 0 Å². The Hall–Kier alpha value is -0.830. The minimum atomic E-state index is 0.579. The van der Waals surface area contributed by atoms with Crippen LogP contribution in [0, 0.1) is 0 Å². The monoisotopic (exact) mass is 165 g/mol. The standard InChI is InChI=1S/C9H15N3/c1-2-5-12-7-8(6-11-12)9-3-4-10-9/h6-7,9-10H,2-5H2,1H3. The van der Waals surface area contributed by atoms with Gasteiger partial charge >= 0.3 is 0 Å². The van der Waals surface area contributed by atoms with Crippen molar-refractivity contribution in [1.82, 2.24) is 15.1 Å². The van der Waals surface area contributed by atoms with Gasteiger partial charge < -0.3 is 5.32 Å². The Labute approximate surface area is 72.8 Å². The van der Waals surface area contributed by atoms with Crippen LogP contribution in [0.15, 0.2) is 12.4 Å². The quantitative estimate of drug-likeness (QED) is 0.732. The normalized spacial score (nSPS) is 22.2. The first-order valence-electron chi connectivity index (χ1n) is 4.66. The third-order valence-corrected chi connectivity index (χ3v) is 2.33. The van der Waals surface area contributed by atoms with Gasteiger partial charge in [-0.25, -0.2) is 0 Å². The number of rotatable bonds is 3. The summed E-state index contributed by atoms with van der Waals surface area (Å²) in [6.45, 7) is 4.36. The van der Waals surface area contributed by atoms with Gasteiger partial charge in [0.15, 0.2) is 0 Å². The Balaban J connectivity index is 2.02. The van der Waals surface area contributed by atoms with E-state index in [0.717, 1.165) is 19.5 Å². The van der Waals surface area contributed by atoms with E-state index in [0.29, 0.717) is 6.04 Å². The number of aromatic nitrogens is 2. The summed E-state index contributed by atoms with van der Waals surface area (Å²) < 4.78 is 2.02. The topological polar surface area (TPSA) is 29.9 Å². The first-order chi connectivity index (χ1) is 5.90. The Morgan fingerprint density at radius 1 is 1.75 bits per heavy atom. The van der Waals surface area contributed by atoms with Crippen molar-refractivity contribution in [3.05, 3.63) is 18.0 Å². The summed E-state index contributed by atoms with van der Waals surface area (Å²) in [5.41, 5.74) is 1.34. The molecule has 2 heterocycles. The molecule has 1 aromatic heterocycles. The maximum atomic E-state index is 4.29. The molecule has 0 aromatic carbocycles. The molecule has 1 aromatic rings. The predicted octanol–water partition coefficient (Wildman–Crippen LogP) is 1.33. The number of nitrogens with one attached hydrogen (secondary N) is 1. The van der Waals surface area contributed by atoms with Crippen LogP contribution in [-0.2, 0) is 6.54 Å². The predicted molar refractivity (Wildman–Crippen MR) is 47.9 cm³/mol. The molecule has 0 radical (unpaired) electrons. The zero-order valence-electron chi connectivity index (χ0n) is 7.45. The van der Waals surface area contributed by atoms with Crippen molar-refractivity contribution in [1.29, 1.82) is 0 Å². The van der Waals surface area contributed by atoms with Gasteiger partial charge in [-0.05, 0) is 19.4 Å². The van der Waals surface area contributed by atoms with E-state index < -0.39 is 0 Å². The molecule has 0 saturated carbocycles. The maximum absolute atomic E-state index is 4.29. The fourth-order valence-corrected chi connectivity index (χ4v) is 1.48.